The number of benzene rings is 1. The van der Waals surface area contributed by atoms with E-state index >= 15 is 0 Å². The second kappa shape index (κ2) is 4.90. The van der Waals surface area contributed by atoms with Crippen molar-refractivity contribution in [2.24, 2.45) is 0 Å². The predicted molar refractivity (Wildman–Crippen MR) is 68.6 cm³/mol. The van der Waals surface area contributed by atoms with E-state index in [1.165, 1.54) is 0 Å². The molecule has 1 aromatic carbocycles. The molecule has 0 fully saturated rings. The lowest BCUT2D eigenvalue weighted by Crippen LogP contribution is -2.12. The summed E-state index contributed by atoms with van der Waals surface area (Å²) in [4.78, 5) is 13.7. The average Bonchev–Trinajstić information content (AvgIpc) is 2.74. The summed E-state index contributed by atoms with van der Waals surface area (Å²) in [5.74, 6) is 0.464. The lowest BCUT2D eigenvalue weighted by molar-refractivity contribution is -0.384. The van der Waals surface area contributed by atoms with Gasteiger partial charge in [0.25, 0.3) is 15.7 Å². The molecule has 0 aliphatic rings. The maximum absolute atomic E-state index is 11.9. The van der Waals surface area contributed by atoms with Crippen LogP contribution in [0.15, 0.2) is 29.2 Å². The molecule has 8 nitrogen and oxygen atoms in total. The number of nitro groups is 1. The summed E-state index contributed by atoms with van der Waals surface area (Å²) in [5.41, 5.74) is -0.175. The van der Waals surface area contributed by atoms with Gasteiger partial charge in [-0.15, -0.1) is 0 Å². The number of rotatable bonds is 4. The van der Waals surface area contributed by atoms with Gasteiger partial charge >= 0.3 is 0 Å². The molecule has 1 N–H and O–H groups in total. The highest BCUT2D eigenvalue weighted by Crippen LogP contribution is 2.20. The minimum atomic E-state index is -3.81. The number of non-ortho nitro benzene ring substituents is 1. The Bertz CT molecular complexity index is 708. The zero-order valence-electron chi connectivity index (χ0n) is 9.60. The normalized spacial score (nSPS) is 11.2. The Labute approximate surface area is 112 Å². The minimum Gasteiger partial charge on any atom is -0.258 e. The van der Waals surface area contributed by atoms with Crippen LogP contribution in [0.2, 0.25) is 0 Å². The zero-order valence-corrected chi connectivity index (χ0v) is 11.2. The monoisotopic (exact) mass is 300 g/mol. The Hall–Kier alpha value is -2.07. The van der Waals surface area contributed by atoms with Gasteiger partial charge in [-0.3, -0.25) is 14.8 Å². The Balaban J connectivity index is 2.26. The summed E-state index contributed by atoms with van der Waals surface area (Å²) in [6, 6.07) is 4.57. The third-order valence-electron chi connectivity index (χ3n) is 2.11. The first-order chi connectivity index (χ1) is 8.88. The standard InChI is InChI=1S/C9H8N4O4S2/c1-6-10-9(18-11-6)12-19(16,17)8-4-2-7(3-5-8)13(14)15/h2-5H,1H3,(H,10,11,12). The van der Waals surface area contributed by atoms with Crippen LogP contribution in [-0.2, 0) is 10.0 Å². The fraction of sp³-hybridized carbons (Fsp3) is 0.111. The van der Waals surface area contributed by atoms with Crippen molar-refractivity contribution in [3.05, 3.63) is 40.2 Å². The van der Waals surface area contributed by atoms with E-state index in [4.69, 9.17) is 0 Å². The molecule has 0 aliphatic heterocycles. The second-order valence-corrected chi connectivity index (χ2v) is 5.94. The van der Waals surface area contributed by atoms with E-state index in [1.807, 2.05) is 0 Å². The molecular formula is C9H8N4O4S2. The molecule has 0 radical (unpaired) electrons. The molecule has 0 bridgehead atoms. The second-order valence-electron chi connectivity index (χ2n) is 3.50. The first-order valence-electron chi connectivity index (χ1n) is 4.96. The molecular weight excluding hydrogens is 292 g/mol. The van der Waals surface area contributed by atoms with E-state index in [-0.39, 0.29) is 15.7 Å². The number of aromatic nitrogens is 2. The van der Waals surface area contributed by atoms with Crippen LogP contribution in [0.4, 0.5) is 10.8 Å². The van der Waals surface area contributed by atoms with Crippen molar-refractivity contribution in [3.63, 3.8) is 0 Å². The summed E-state index contributed by atoms with van der Waals surface area (Å²) >= 11 is 0.920. The SMILES string of the molecule is Cc1nsc(NS(=O)(=O)c2ccc([N+](=O)[O-])cc2)n1. The van der Waals surface area contributed by atoms with E-state index in [0.717, 1.165) is 35.8 Å². The number of hydrogen-bond donors (Lipinski definition) is 1. The number of aryl methyl sites for hydroxylation is 1. The highest BCUT2D eigenvalue weighted by Gasteiger charge is 2.17. The molecule has 1 aromatic heterocycles. The van der Waals surface area contributed by atoms with Crippen molar-refractivity contribution < 1.29 is 13.3 Å². The topological polar surface area (TPSA) is 115 Å². The molecule has 1 heterocycles. The number of nitro benzene ring substituents is 1. The van der Waals surface area contributed by atoms with Crippen LogP contribution in [-0.4, -0.2) is 22.7 Å². The molecule has 0 amide bonds. The average molecular weight is 300 g/mol. The highest BCUT2D eigenvalue weighted by atomic mass is 32.2. The van der Waals surface area contributed by atoms with Gasteiger partial charge in [-0.1, -0.05) is 0 Å². The summed E-state index contributed by atoms with van der Waals surface area (Å²) in [6.45, 7) is 1.64. The van der Waals surface area contributed by atoms with Crippen LogP contribution >= 0.6 is 11.5 Å². The van der Waals surface area contributed by atoms with Gasteiger partial charge in [-0.05, 0) is 19.1 Å². The van der Waals surface area contributed by atoms with E-state index < -0.39 is 14.9 Å². The molecule has 100 valence electrons. The maximum atomic E-state index is 11.9. The van der Waals surface area contributed by atoms with Gasteiger partial charge in [0.05, 0.1) is 9.82 Å². The molecule has 10 heteroatoms. The van der Waals surface area contributed by atoms with Crippen LogP contribution in [0, 0.1) is 17.0 Å². The van der Waals surface area contributed by atoms with Crippen LogP contribution in [0.1, 0.15) is 5.82 Å². The molecule has 0 spiro atoms. The van der Waals surface area contributed by atoms with Crippen LogP contribution < -0.4 is 4.72 Å². The maximum Gasteiger partial charge on any atom is 0.269 e. The van der Waals surface area contributed by atoms with Crippen LogP contribution in [0.5, 0.6) is 0 Å². The summed E-state index contributed by atoms with van der Waals surface area (Å²) < 4.78 is 30.0. The number of anilines is 1. The molecule has 0 atom stereocenters. The van der Waals surface area contributed by atoms with E-state index in [2.05, 4.69) is 14.1 Å². The molecule has 19 heavy (non-hydrogen) atoms. The highest BCUT2D eigenvalue weighted by molar-refractivity contribution is 7.93. The molecule has 0 saturated heterocycles. The van der Waals surface area contributed by atoms with Crippen LogP contribution in [0.3, 0.4) is 0 Å². The van der Waals surface area contributed by atoms with Crippen LogP contribution in [0.25, 0.3) is 0 Å². The Morgan fingerprint density at radius 3 is 2.42 bits per heavy atom. The van der Waals surface area contributed by atoms with Gasteiger partial charge in [-0.25, -0.2) is 13.4 Å². The van der Waals surface area contributed by atoms with E-state index in [0.29, 0.717) is 5.82 Å². The minimum absolute atomic E-state index is 0.0778. The molecule has 0 aliphatic carbocycles. The fourth-order valence-corrected chi connectivity index (χ4v) is 3.06. The molecule has 2 aromatic rings. The molecule has 0 saturated carbocycles. The summed E-state index contributed by atoms with van der Waals surface area (Å²) in [7, 11) is -3.81. The number of sulfonamides is 1. The number of hydrogen-bond acceptors (Lipinski definition) is 7. The van der Waals surface area contributed by atoms with Gasteiger partial charge in [0, 0.05) is 23.7 Å². The summed E-state index contributed by atoms with van der Waals surface area (Å²) in [6.07, 6.45) is 0. The van der Waals surface area contributed by atoms with Gasteiger partial charge in [-0.2, -0.15) is 4.37 Å². The Morgan fingerprint density at radius 1 is 1.32 bits per heavy atom. The van der Waals surface area contributed by atoms with Gasteiger partial charge in [0.1, 0.15) is 5.82 Å². The van der Waals surface area contributed by atoms with E-state index in [9.17, 15) is 18.5 Å². The lowest BCUT2D eigenvalue weighted by atomic mass is 10.3. The van der Waals surface area contributed by atoms with Gasteiger partial charge in [0.2, 0.25) is 5.13 Å². The van der Waals surface area contributed by atoms with Gasteiger partial charge in [0.15, 0.2) is 0 Å². The lowest BCUT2D eigenvalue weighted by Gasteiger charge is -2.03. The fourth-order valence-electron chi connectivity index (χ4n) is 1.26. The first-order valence-corrected chi connectivity index (χ1v) is 7.22. The third-order valence-corrected chi connectivity index (χ3v) is 4.31. The smallest absolute Gasteiger partial charge is 0.258 e. The molecule has 0 unspecified atom stereocenters. The first kappa shape index (κ1) is 13.4. The van der Waals surface area contributed by atoms with E-state index in [1.54, 1.807) is 6.92 Å². The third kappa shape index (κ3) is 3.03. The molecule has 2 rings (SSSR count). The van der Waals surface area contributed by atoms with Crippen molar-refractivity contribution in [2.75, 3.05) is 4.72 Å². The van der Waals surface area contributed by atoms with Gasteiger partial charge < -0.3 is 0 Å². The van der Waals surface area contributed by atoms with Crippen molar-refractivity contribution in [1.82, 2.24) is 9.36 Å². The number of nitrogens with one attached hydrogen (secondary N) is 1. The summed E-state index contributed by atoms with van der Waals surface area (Å²) in [5, 5.41) is 10.6. The zero-order chi connectivity index (χ0) is 14.0. The number of nitrogens with zero attached hydrogens (tertiary/aromatic N) is 3. The largest absolute Gasteiger partial charge is 0.269 e. The predicted octanol–water partition coefficient (Wildman–Crippen LogP) is 1.56. The Kier molecular flexibility index (Phi) is 3.44. The van der Waals surface area contributed by atoms with Crippen molar-refractivity contribution in [2.45, 2.75) is 11.8 Å². The van der Waals surface area contributed by atoms with Crippen molar-refractivity contribution in [3.8, 4) is 0 Å². The Morgan fingerprint density at radius 2 is 1.95 bits per heavy atom. The quantitative estimate of drug-likeness (QED) is 0.676. The van der Waals surface area contributed by atoms with Crippen molar-refractivity contribution >= 4 is 32.4 Å². The van der Waals surface area contributed by atoms with Crippen molar-refractivity contribution in [1.29, 1.82) is 0 Å².